The molecule has 1 aliphatic heterocycles. The van der Waals surface area contributed by atoms with Crippen molar-refractivity contribution >= 4 is 23.1 Å². The number of nitrogens with zero attached hydrogens (tertiary/aromatic N) is 4. The molecule has 1 fully saturated rings. The summed E-state index contributed by atoms with van der Waals surface area (Å²) < 4.78 is 13.2. The summed E-state index contributed by atoms with van der Waals surface area (Å²) in [6.07, 6.45) is 0. The molecule has 0 bridgehead atoms. The van der Waals surface area contributed by atoms with Gasteiger partial charge in [-0.3, -0.25) is 4.79 Å². The van der Waals surface area contributed by atoms with Gasteiger partial charge in [-0.05, 0) is 42.5 Å². The predicted octanol–water partition coefficient (Wildman–Crippen LogP) is 3.19. The number of carbonyl (C=O) groups excluding carboxylic acids is 1. The molecule has 0 aliphatic carbocycles. The molecule has 4 rings (SSSR count). The van der Waals surface area contributed by atoms with E-state index in [0.717, 1.165) is 32.0 Å². The van der Waals surface area contributed by atoms with Gasteiger partial charge in [0.2, 0.25) is 0 Å². The number of nitrogens with one attached hydrogen (secondary N) is 1. The molecule has 1 N–H and O–H groups in total. The van der Waals surface area contributed by atoms with Gasteiger partial charge in [0.05, 0.1) is 0 Å². The van der Waals surface area contributed by atoms with Crippen LogP contribution in [0.3, 0.4) is 0 Å². The first kappa shape index (κ1) is 17.9. The van der Waals surface area contributed by atoms with Crippen molar-refractivity contribution in [3.63, 3.8) is 0 Å². The minimum absolute atomic E-state index is 0.191. The SMILES string of the molecule is O=C(Nc1cccc(F)c1)c1ccc(N2CCN(c3ccccc3)CC2)nn1. The van der Waals surface area contributed by atoms with Crippen molar-refractivity contribution in [2.45, 2.75) is 0 Å². The Balaban J connectivity index is 1.36. The number of aromatic nitrogens is 2. The lowest BCUT2D eigenvalue weighted by atomic mass is 10.2. The molecular weight excluding hydrogens is 357 g/mol. The van der Waals surface area contributed by atoms with Gasteiger partial charge >= 0.3 is 0 Å². The van der Waals surface area contributed by atoms with E-state index >= 15 is 0 Å². The third kappa shape index (κ3) is 4.09. The summed E-state index contributed by atoms with van der Waals surface area (Å²) in [5.74, 6) is -0.0811. The fraction of sp³-hybridized carbons (Fsp3) is 0.190. The summed E-state index contributed by atoms with van der Waals surface area (Å²) in [5.41, 5.74) is 1.79. The number of para-hydroxylation sites is 1. The average Bonchev–Trinajstić information content (AvgIpc) is 2.75. The van der Waals surface area contributed by atoms with Crippen LogP contribution in [0, 0.1) is 5.82 Å². The molecule has 0 unspecified atom stereocenters. The lowest BCUT2D eigenvalue weighted by Gasteiger charge is -2.36. The van der Waals surface area contributed by atoms with E-state index in [0.29, 0.717) is 5.69 Å². The quantitative estimate of drug-likeness (QED) is 0.757. The largest absolute Gasteiger partial charge is 0.368 e. The second-order valence-electron chi connectivity index (χ2n) is 6.55. The highest BCUT2D eigenvalue weighted by Crippen LogP contribution is 2.19. The van der Waals surface area contributed by atoms with E-state index in [-0.39, 0.29) is 5.69 Å². The van der Waals surface area contributed by atoms with Gasteiger partial charge in [0.25, 0.3) is 5.91 Å². The van der Waals surface area contributed by atoms with Gasteiger partial charge in [0, 0.05) is 37.6 Å². The molecule has 1 aliphatic rings. The normalized spacial score (nSPS) is 14.0. The lowest BCUT2D eigenvalue weighted by molar-refractivity contribution is 0.102. The van der Waals surface area contributed by atoms with E-state index in [1.54, 1.807) is 18.2 Å². The fourth-order valence-electron chi connectivity index (χ4n) is 3.21. The van der Waals surface area contributed by atoms with Crippen molar-refractivity contribution in [3.8, 4) is 0 Å². The number of hydrogen-bond acceptors (Lipinski definition) is 5. The number of hydrogen-bond donors (Lipinski definition) is 1. The smallest absolute Gasteiger partial charge is 0.276 e. The van der Waals surface area contributed by atoms with Crippen LogP contribution in [0.1, 0.15) is 10.5 Å². The minimum atomic E-state index is -0.418. The Hall–Kier alpha value is -3.48. The molecule has 0 atom stereocenters. The highest BCUT2D eigenvalue weighted by atomic mass is 19.1. The number of anilines is 3. The number of rotatable bonds is 4. The third-order valence-corrected chi connectivity index (χ3v) is 4.69. The summed E-state index contributed by atoms with van der Waals surface area (Å²) in [6.45, 7) is 3.46. The molecule has 0 saturated carbocycles. The molecule has 28 heavy (non-hydrogen) atoms. The van der Waals surface area contributed by atoms with Gasteiger partial charge in [-0.25, -0.2) is 4.39 Å². The van der Waals surface area contributed by atoms with Crippen LogP contribution in [0.15, 0.2) is 66.7 Å². The highest BCUT2D eigenvalue weighted by molar-refractivity contribution is 6.02. The number of benzene rings is 2. The van der Waals surface area contributed by atoms with Crippen LogP contribution in [0.4, 0.5) is 21.6 Å². The maximum atomic E-state index is 13.2. The van der Waals surface area contributed by atoms with Gasteiger partial charge in [-0.2, -0.15) is 0 Å². The van der Waals surface area contributed by atoms with Gasteiger partial charge in [-0.15, -0.1) is 10.2 Å². The van der Waals surface area contributed by atoms with Crippen LogP contribution >= 0.6 is 0 Å². The second kappa shape index (κ2) is 8.04. The van der Waals surface area contributed by atoms with Gasteiger partial charge < -0.3 is 15.1 Å². The number of piperazine rings is 1. The third-order valence-electron chi connectivity index (χ3n) is 4.69. The monoisotopic (exact) mass is 377 g/mol. The zero-order valence-electron chi connectivity index (χ0n) is 15.3. The van der Waals surface area contributed by atoms with Crippen LogP contribution < -0.4 is 15.1 Å². The van der Waals surface area contributed by atoms with E-state index in [2.05, 4.69) is 37.4 Å². The van der Waals surface area contributed by atoms with E-state index in [1.807, 2.05) is 18.2 Å². The molecule has 3 aromatic rings. The molecule has 1 saturated heterocycles. The Kier molecular flexibility index (Phi) is 5.14. The number of amides is 1. The molecule has 1 amide bonds. The first-order chi connectivity index (χ1) is 13.7. The Bertz CT molecular complexity index is 941. The predicted molar refractivity (Wildman–Crippen MR) is 107 cm³/mol. The van der Waals surface area contributed by atoms with E-state index in [1.165, 1.54) is 23.9 Å². The van der Waals surface area contributed by atoms with Crippen molar-refractivity contribution in [2.75, 3.05) is 41.3 Å². The van der Waals surface area contributed by atoms with E-state index in [9.17, 15) is 9.18 Å². The molecule has 2 heterocycles. The van der Waals surface area contributed by atoms with Crippen molar-refractivity contribution in [3.05, 3.63) is 78.2 Å². The van der Waals surface area contributed by atoms with Crippen LogP contribution in [-0.4, -0.2) is 42.3 Å². The number of halogens is 1. The summed E-state index contributed by atoms with van der Waals surface area (Å²) in [5, 5.41) is 10.9. The van der Waals surface area contributed by atoms with Gasteiger partial charge in [-0.1, -0.05) is 24.3 Å². The van der Waals surface area contributed by atoms with Crippen molar-refractivity contribution in [1.29, 1.82) is 0 Å². The number of carbonyl (C=O) groups is 1. The average molecular weight is 377 g/mol. The molecule has 0 radical (unpaired) electrons. The Morgan fingerprint density at radius 1 is 0.857 bits per heavy atom. The first-order valence-corrected chi connectivity index (χ1v) is 9.15. The van der Waals surface area contributed by atoms with Crippen molar-refractivity contribution in [1.82, 2.24) is 10.2 Å². The van der Waals surface area contributed by atoms with Crippen LogP contribution in [0.5, 0.6) is 0 Å². The van der Waals surface area contributed by atoms with Gasteiger partial charge in [0.15, 0.2) is 11.5 Å². The van der Waals surface area contributed by atoms with Crippen LogP contribution in [-0.2, 0) is 0 Å². The van der Waals surface area contributed by atoms with Crippen LogP contribution in [0.25, 0.3) is 0 Å². The molecule has 7 heteroatoms. The molecule has 6 nitrogen and oxygen atoms in total. The molecule has 2 aromatic carbocycles. The molecule has 1 aromatic heterocycles. The van der Waals surface area contributed by atoms with Crippen molar-refractivity contribution in [2.24, 2.45) is 0 Å². The topological polar surface area (TPSA) is 61.4 Å². The highest BCUT2D eigenvalue weighted by Gasteiger charge is 2.19. The Morgan fingerprint density at radius 3 is 2.29 bits per heavy atom. The first-order valence-electron chi connectivity index (χ1n) is 9.15. The van der Waals surface area contributed by atoms with E-state index in [4.69, 9.17) is 0 Å². The van der Waals surface area contributed by atoms with Crippen molar-refractivity contribution < 1.29 is 9.18 Å². The van der Waals surface area contributed by atoms with E-state index < -0.39 is 11.7 Å². The standard InChI is InChI=1S/C21H20FN5O/c22-16-5-4-6-17(15-16)23-21(28)19-9-10-20(25-24-19)27-13-11-26(12-14-27)18-7-2-1-3-8-18/h1-10,15H,11-14H2,(H,23,28). The fourth-order valence-corrected chi connectivity index (χ4v) is 3.21. The molecule has 142 valence electrons. The second-order valence-corrected chi connectivity index (χ2v) is 6.55. The summed E-state index contributed by atoms with van der Waals surface area (Å²) in [7, 11) is 0. The Labute approximate surface area is 162 Å². The lowest BCUT2D eigenvalue weighted by Crippen LogP contribution is -2.46. The summed E-state index contributed by atoms with van der Waals surface area (Å²) >= 11 is 0. The van der Waals surface area contributed by atoms with Crippen LogP contribution in [0.2, 0.25) is 0 Å². The summed E-state index contributed by atoms with van der Waals surface area (Å²) in [4.78, 5) is 16.7. The Morgan fingerprint density at radius 2 is 1.61 bits per heavy atom. The maximum absolute atomic E-state index is 13.2. The minimum Gasteiger partial charge on any atom is -0.368 e. The molecule has 0 spiro atoms. The zero-order chi connectivity index (χ0) is 19.3. The maximum Gasteiger partial charge on any atom is 0.276 e. The summed E-state index contributed by atoms with van der Waals surface area (Å²) in [6, 6.07) is 19.5. The zero-order valence-corrected chi connectivity index (χ0v) is 15.3. The van der Waals surface area contributed by atoms with Gasteiger partial charge in [0.1, 0.15) is 5.82 Å². The molecular formula is C21H20FN5O.